The minimum absolute atomic E-state index is 0.0965. The summed E-state index contributed by atoms with van der Waals surface area (Å²) in [4.78, 5) is 0. The Morgan fingerprint density at radius 2 is 2.23 bits per heavy atom. The molecule has 0 aromatic heterocycles. The molecule has 0 amide bonds. The molecule has 13 heavy (non-hydrogen) atoms. The minimum atomic E-state index is -0.130. The van der Waals surface area contributed by atoms with E-state index in [4.69, 9.17) is 5.73 Å². The fourth-order valence-electron chi connectivity index (χ4n) is 1.92. The lowest BCUT2D eigenvalue weighted by atomic mass is 9.88. The van der Waals surface area contributed by atoms with Crippen molar-refractivity contribution < 1.29 is 4.39 Å². The zero-order valence-corrected chi connectivity index (χ0v) is 9.34. The molecule has 0 radical (unpaired) electrons. The van der Waals surface area contributed by atoms with Crippen molar-refractivity contribution in [3.63, 3.8) is 0 Å². The molecule has 3 heteroatoms. The molecule has 1 aliphatic rings. The molecule has 2 rings (SSSR count). The fraction of sp³-hybridized carbons (Fsp3) is 0.400. The first-order valence-electron chi connectivity index (χ1n) is 4.42. The highest BCUT2D eigenvalue weighted by molar-refractivity contribution is 14.1. The standard InChI is InChI=1S/C10H11FIN/c11-8-5-7(12)4-6-2-1-3-9(13)10(6)8/h4-5,9H,1-3,13H2. The van der Waals surface area contributed by atoms with Gasteiger partial charge < -0.3 is 5.73 Å². The van der Waals surface area contributed by atoms with Gasteiger partial charge in [0.1, 0.15) is 5.82 Å². The van der Waals surface area contributed by atoms with Crippen molar-refractivity contribution in [1.29, 1.82) is 0 Å². The van der Waals surface area contributed by atoms with Crippen LogP contribution in [0.4, 0.5) is 4.39 Å². The van der Waals surface area contributed by atoms with E-state index in [0.717, 1.165) is 34.0 Å². The van der Waals surface area contributed by atoms with Gasteiger partial charge in [-0.25, -0.2) is 4.39 Å². The summed E-state index contributed by atoms with van der Waals surface area (Å²) >= 11 is 2.14. The third-order valence-electron chi connectivity index (χ3n) is 2.51. The summed E-state index contributed by atoms with van der Waals surface area (Å²) in [7, 11) is 0. The van der Waals surface area contributed by atoms with Crippen molar-refractivity contribution >= 4 is 22.6 Å². The Labute approximate surface area is 90.7 Å². The zero-order valence-electron chi connectivity index (χ0n) is 7.19. The van der Waals surface area contributed by atoms with E-state index in [0.29, 0.717) is 0 Å². The van der Waals surface area contributed by atoms with Crippen LogP contribution < -0.4 is 5.73 Å². The van der Waals surface area contributed by atoms with Crippen LogP contribution in [0.3, 0.4) is 0 Å². The molecule has 0 heterocycles. The summed E-state index contributed by atoms with van der Waals surface area (Å²) in [6.07, 6.45) is 2.95. The van der Waals surface area contributed by atoms with Crippen molar-refractivity contribution in [3.05, 3.63) is 32.6 Å². The maximum Gasteiger partial charge on any atom is 0.129 e. The van der Waals surface area contributed by atoms with Crippen LogP contribution in [0.2, 0.25) is 0 Å². The highest BCUT2D eigenvalue weighted by Gasteiger charge is 2.20. The average Bonchev–Trinajstić information content (AvgIpc) is 2.02. The maximum absolute atomic E-state index is 13.5. The van der Waals surface area contributed by atoms with Crippen LogP contribution in [-0.4, -0.2) is 0 Å². The smallest absolute Gasteiger partial charge is 0.129 e. The van der Waals surface area contributed by atoms with Crippen LogP contribution in [0.25, 0.3) is 0 Å². The Hall–Kier alpha value is -0.160. The summed E-state index contributed by atoms with van der Waals surface area (Å²) in [5, 5.41) is 0. The van der Waals surface area contributed by atoms with Gasteiger partial charge in [0.25, 0.3) is 0 Å². The molecule has 0 saturated heterocycles. The molecule has 0 saturated carbocycles. The highest BCUT2D eigenvalue weighted by atomic mass is 127. The largest absolute Gasteiger partial charge is 0.324 e. The Morgan fingerprint density at radius 1 is 1.46 bits per heavy atom. The monoisotopic (exact) mass is 291 g/mol. The lowest BCUT2D eigenvalue weighted by Gasteiger charge is -2.22. The molecule has 1 aliphatic carbocycles. The Bertz CT molecular complexity index is 338. The van der Waals surface area contributed by atoms with E-state index >= 15 is 0 Å². The number of hydrogen-bond donors (Lipinski definition) is 1. The van der Waals surface area contributed by atoms with Crippen LogP contribution >= 0.6 is 22.6 Å². The SMILES string of the molecule is NC1CCCc2cc(I)cc(F)c21. The Balaban J connectivity index is 2.56. The number of benzene rings is 1. The van der Waals surface area contributed by atoms with Crippen LogP contribution in [0.5, 0.6) is 0 Å². The van der Waals surface area contributed by atoms with E-state index in [1.807, 2.05) is 6.07 Å². The second-order valence-corrected chi connectivity index (χ2v) is 4.70. The van der Waals surface area contributed by atoms with Crippen molar-refractivity contribution in [2.75, 3.05) is 0 Å². The zero-order chi connectivity index (χ0) is 9.42. The number of aryl methyl sites for hydroxylation is 1. The lowest BCUT2D eigenvalue weighted by molar-refractivity contribution is 0.518. The fourth-order valence-corrected chi connectivity index (χ4v) is 2.57. The van der Waals surface area contributed by atoms with Gasteiger partial charge in [-0.2, -0.15) is 0 Å². The summed E-state index contributed by atoms with van der Waals surface area (Å²) in [6, 6.07) is 3.50. The minimum Gasteiger partial charge on any atom is -0.324 e. The van der Waals surface area contributed by atoms with Gasteiger partial charge in [-0.1, -0.05) is 0 Å². The topological polar surface area (TPSA) is 26.0 Å². The molecule has 0 spiro atoms. The Morgan fingerprint density at radius 3 is 3.00 bits per heavy atom. The molecule has 1 unspecified atom stereocenters. The molecule has 0 bridgehead atoms. The predicted molar refractivity (Wildman–Crippen MR) is 59.0 cm³/mol. The highest BCUT2D eigenvalue weighted by Crippen LogP contribution is 2.31. The van der Waals surface area contributed by atoms with E-state index in [9.17, 15) is 4.39 Å². The van der Waals surface area contributed by atoms with E-state index in [-0.39, 0.29) is 11.9 Å². The molecule has 70 valence electrons. The van der Waals surface area contributed by atoms with Crippen LogP contribution in [0, 0.1) is 9.39 Å². The third kappa shape index (κ3) is 1.72. The van der Waals surface area contributed by atoms with E-state index < -0.39 is 0 Å². The summed E-state index contributed by atoms with van der Waals surface area (Å²) in [5.74, 6) is -0.130. The second-order valence-electron chi connectivity index (χ2n) is 3.46. The molecular formula is C10H11FIN. The third-order valence-corrected chi connectivity index (χ3v) is 3.13. The van der Waals surface area contributed by atoms with Gasteiger partial charge in [0.2, 0.25) is 0 Å². The first kappa shape index (κ1) is 9.40. The number of nitrogens with two attached hydrogens (primary N) is 1. The van der Waals surface area contributed by atoms with Crippen molar-refractivity contribution in [2.24, 2.45) is 5.73 Å². The maximum atomic E-state index is 13.5. The van der Waals surface area contributed by atoms with Gasteiger partial charge in [-0.15, -0.1) is 0 Å². The number of hydrogen-bond acceptors (Lipinski definition) is 1. The van der Waals surface area contributed by atoms with Crippen LogP contribution in [-0.2, 0) is 6.42 Å². The van der Waals surface area contributed by atoms with Gasteiger partial charge >= 0.3 is 0 Å². The van der Waals surface area contributed by atoms with Crippen molar-refractivity contribution in [2.45, 2.75) is 25.3 Å². The predicted octanol–water partition coefficient (Wildman–Crippen LogP) is 2.77. The molecule has 1 nitrogen and oxygen atoms in total. The van der Waals surface area contributed by atoms with Gasteiger partial charge in [0.15, 0.2) is 0 Å². The molecule has 1 aromatic rings. The number of fused-ring (bicyclic) bond motifs is 1. The number of halogens is 2. The quantitative estimate of drug-likeness (QED) is 0.731. The van der Waals surface area contributed by atoms with E-state index in [1.165, 1.54) is 0 Å². The first-order valence-corrected chi connectivity index (χ1v) is 5.50. The van der Waals surface area contributed by atoms with Gasteiger partial charge in [-0.3, -0.25) is 0 Å². The van der Waals surface area contributed by atoms with Crippen LogP contribution in [0.1, 0.15) is 30.0 Å². The van der Waals surface area contributed by atoms with Crippen molar-refractivity contribution in [3.8, 4) is 0 Å². The first-order chi connectivity index (χ1) is 6.18. The van der Waals surface area contributed by atoms with Crippen LogP contribution in [0.15, 0.2) is 12.1 Å². The Kier molecular flexibility index (Phi) is 2.55. The molecular weight excluding hydrogens is 280 g/mol. The normalized spacial score (nSPS) is 21.3. The summed E-state index contributed by atoms with van der Waals surface area (Å²) < 4.78 is 14.5. The van der Waals surface area contributed by atoms with Crippen molar-refractivity contribution in [1.82, 2.24) is 0 Å². The molecule has 2 N–H and O–H groups in total. The molecule has 1 atom stereocenters. The van der Waals surface area contributed by atoms with Gasteiger partial charge in [0, 0.05) is 15.2 Å². The lowest BCUT2D eigenvalue weighted by Crippen LogP contribution is -2.19. The summed E-state index contributed by atoms with van der Waals surface area (Å²) in [5.41, 5.74) is 7.70. The molecule has 0 fully saturated rings. The molecule has 1 aromatic carbocycles. The number of rotatable bonds is 0. The van der Waals surface area contributed by atoms with E-state index in [1.54, 1.807) is 6.07 Å². The molecule has 0 aliphatic heterocycles. The van der Waals surface area contributed by atoms with Gasteiger partial charge in [-0.05, 0) is 59.5 Å². The second kappa shape index (κ2) is 3.53. The van der Waals surface area contributed by atoms with E-state index in [2.05, 4.69) is 22.6 Å². The average molecular weight is 291 g/mol. The van der Waals surface area contributed by atoms with Gasteiger partial charge in [0.05, 0.1) is 0 Å². The summed E-state index contributed by atoms with van der Waals surface area (Å²) in [6.45, 7) is 0.